The van der Waals surface area contributed by atoms with Gasteiger partial charge in [0, 0.05) is 11.9 Å². The summed E-state index contributed by atoms with van der Waals surface area (Å²) in [5.41, 5.74) is 0.362. The average Bonchev–Trinajstić information content (AvgIpc) is 2.71. The number of hydrogen-bond donors (Lipinski definition) is 2. The molecule has 2 rings (SSSR count). The van der Waals surface area contributed by atoms with E-state index < -0.39 is 23.8 Å². The Kier molecular flexibility index (Phi) is 4.77. The number of halogens is 1. The van der Waals surface area contributed by atoms with Gasteiger partial charge in [-0.3, -0.25) is 19.2 Å². The topological polar surface area (TPSA) is 95.6 Å². The van der Waals surface area contributed by atoms with Crippen LogP contribution in [0.4, 0.5) is 5.69 Å². The summed E-state index contributed by atoms with van der Waals surface area (Å²) in [6.07, 6.45) is -0.128. The second-order valence-corrected chi connectivity index (χ2v) is 5.22. The lowest BCUT2D eigenvalue weighted by molar-refractivity contribution is -0.127. The van der Waals surface area contributed by atoms with Crippen LogP contribution in [0.1, 0.15) is 13.3 Å². The summed E-state index contributed by atoms with van der Waals surface area (Å²) in [6, 6.07) is 5.40. The molecule has 2 N–H and O–H groups in total. The van der Waals surface area contributed by atoms with Crippen LogP contribution in [0.25, 0.3) is 0 Å². The van der Waals surface area contributed by atoms with Gasteiger partial charge in [-0.1, -0.05) is 17.7 Å². The lowest BCUT2D eigenvalue weighted by Crippen LogP contribution is -2.45. The molecule has 1 heterocycles. The van der Waals surface area contributed by atoms with E-state index in [-0.39, 0.29) is 18.9 Å². The third kappa shape index (κ3) is 3.62. The molecule has 4 amide bonds. The zero-order valence-corrected chi connectivity index (χ0v) is 12.5. The maximum absolute atomic E-state index is 12.3. The first-order valence-electron chi connectivity index (χ1n) is 6.54. The SMILES string of the molecule is CC(=O)NCC(=O)NC1CC(=O)N(c2cccc(Cl)c2)C1=O. The summed E-state index contributed by atoms with van der Waals surface area (Å²) in [7, 11) is 0. The monoisotopic (exact) mass is 323 g/mol. The first kappa shape index (κ1) is 16.0. The van der Waals surface area contributed by atoms with Crippen LogP contribution in [0.15, 0.2) is 24.3 Å². The molecule has 0 aromatic heterocycles. The van der Waals surface area contributed by atoms with Gasteiger partial charge >= 0.3 is 0 Å². The van der Waals surface area contributed by atoms with E-state index in [1.54, 1.807) is 18.2 Å². The third-order valence-electron chi connectivity index (χ3n) is 3.05. The maximum atomic E-state index is 12.3. The van der Waals surface area contributed by atoms with Gasteiger partial charge < -0.3 is 10.6 Å². The first-order valence-corrected chi connectivity index (χ1v) is 6.92. The summed E-state index contributed by atoms with van der Waals surface area (Å²) in [4.78, 5) is 47.6. The Morgan fingerprint density at radius 2 is 2.09 bits per heavy atom. The fourth-order valence-corrected chi connectivity index (χ4v) is 2.27. The van der Waals surface area contributed by atoms with Gasteiger partial charge in [0.25, 0.3) is 5.91 Å². The highest BCUT2D eigenvalue weighted by atomic mass is 35.5. The molecule has 7 nitrogen and oxygen atoms in total. The van der Waals surface area contributed by atoms with Crippen LogP contribution in [0.3, 0.4) is 0 Å². The molecule has 0 spiro atoms. The van der Waals surface area contributed by atoms with Crippen molar-refractivity contribution in [1.29, 1.82) is 0 Å². The van der Waals surface area contributed by atoms with Gasteiger partial charge in [-0.25, -0.2) is 4.90 Å². The summed E-state index contributed by atoms with van der Waals surface area (Å²) >= 11 is 5.85. The largest absolute Gasteiger partial charge is 0.347 e. The number of anilines is 1. The molecule has 116 valence electrons. The highest BCUT2D eigenvalue weighted by Crippen LogP contribution is 2.25. The second kappa shape index (κ2) is 6.57. The molecule has 22 heavy (non-hydrogen) atoms. The Balaban J connectivity index is 2.06. The fraction of sp³-hybridized carbons (Fsp3) is 0.286. The smallest absolute Gasteiger partial charge is 0.256 e. The maximum Gasteiger partial charge on any atom is 0.256 e. The van der Waals surface area contributed by atoms with Gasteiger partial charge in [0.05, 0.1) is 18.7 Å². The number of benzene rings is 1. The van der Waals surface area contributed by atoms with E-state index in [4.69, 9.17) is 11.6 Å². The molecule has 0 radical (unpaired) electrons. The number of imide groups is 1. The summed E-state index contributed by atoms with van der Waals surface area (Å²) in [5.74, 6) is -1.83. The van der Waals surface area contributed by atoms with Crippen molar-refractivity contribution in [1.82, 2.24) is 10.6 Å². The van der Waals surface area contributed by atoms with Gasteiger partial charge in [-0.15, -0.1) is 0 Å². The Hall–Kier alpha value is -2.41. The lowest BCUT2D eigenvalue weighted by atomic mass is 10.2. The Bertz CT molecular complexity index is 647. The Morgan fingerprint density at radius 1 is 1.36 bits per heavy atom. The number of carbonyl (C=O) groups is 4. The van der Waals surface area contributed by atoms with E-state index in [1.807, 2.05) is 0 Å². The molecule has 1 unspecified atom stereocenters. The van der Waals surface area contributed by atoms with E-state index in [9.17, 15) is 19.2 Å². The minimum Gasteiger partial charge on any atom is -0.347 e. The predicted molar refractivity (Wildman–Crippen MR) is 79.2 cm³/mol. The van der Waals surface area contributed by atoms with Crippen LogP contribution in [-0.2, 0) is 19.2 Å². The molecular formula is C14H14ClN3O4. The molecule has 1 aliphatic heterocycles. The van der Waals surface area contributed by atoms with Crippen LogP contribution >= 0.6 is 11.6 Å². The number of amides is 4. The van der Waals surface area contributed by atoms with Crippen LogP contribution in [0.2, 0.25) is 5.02 Å². The molecule has 1 atom stereocenters. The van der Waals surface area contributed by atoms with E-state index in [2.05, 4.69) is 10.6 Å². The zero-order chi connectivity index (χ0) is 16.3. The number of carbonyl (C=O) groups excluding carboxylic acids is 4. The highest BCUT2D eigenvalue weighted by molar-refractivity contribution is 6.31. The summed E-state index contributed by atoms with van der Waals surface area (Å²) in [5, 5.41) is 5.15. The van der Waals surface area contributed by atoms with Crippen molar-refractivity contribution >= 4 is 40.9 Å². The second-order valence-electron chi connectivity index (χ2n) is 4.78. The van der Waals surface area contributed by atoms with Crippen LogP contribution < -0.4 is 15.5 Å². The van der Waals surface area contributed by atoms with Gasteiger partial charge in [0.1, 0.15) is 6.04 Å². The molecule has 0 saturated carbocycles. The van der Waals surface area contributed by atoms with Crippen molar-refractivity contribution in [2.24, 2.45) is 0 Å². The van der Waals surface area contributed by atoms with E-state index >= 15 is 0 Å². The Labute approximate surface area is 131 Å². The van der Waals surface area contributed by atoms with Gasteiger partial charge in [0.2, 0.25) is 17.7 Å². The number of nitrogens with one attached hydrogen (secondary N) is 2. The van der Waals surface area contributed by atoms with Crippen LogP contribution in [0, 0.1) is 0 Å². The first-order chi connectivity index (χ1) is 10.4. The van der Waals surface area contributed by atoms with Crippen molar-refractivity contribution in [3.8, 4) is 0 Å². The summed E-state index contributed by atoms with van der Waals surface area (Å²) < 4.78 is 0. The molecular weight excluding hydrogens is 310 g/mol. The molecule has 1 fully saturated rings. The number of rotatable bonds is 4. The van der Waals surface area contributed by atoms with Crippen LogP contribution in [-0.4, -0.2) is 36.2 Å². The molecule has 1 aromatic rings. The Morgan fingerprint density at radius 3 is 2.73 bits per heavy atom. The minimum atomic E-state index is -0.937. The standard InChI is InChI=1S/C14H14ClN3O4/c1-8(19)16-7-12(20)17-11-6-13(21)18(14(11)22)10-4-2-3-9(15)5-10/h2-5,11H,6-7H2,1H3,(H,16,19)(H,17,20). The molecule has 1 aliphatic rings. The number of nitrogens with zero attached hydrogens (tertiary/aromatic N) is 1. The van der Waals surface area contributed by atoms with Crippen molar-refractivity contribution in [2.75, 3.05) is 11.4 Å². The molecule has 1 saturated heterocycles. The molecule has 0 aliphatic carbocycles. The van der Waals surface area contributed by atoms with Gasteiger partial charge in [0.15, 0.2) is 0 Å². The quantitative estimate of drug-likeness (QED) is 0.775. The average molecular weight is 324 g/mol. The summed E-state index contributed by atoms with van der Waals surface area (Å²) in [6.45, 7) is 1.03. The fourth-order valence-electron chi connectivity index (χ4n) is 2.08. The van der Waals surface area contributed by atoms with Crippen LogP contribution in [0.5, 0.6) is 0 Å². The van der Waals surface area contributed by atoms with Crippen molar-refractivity contribution in [3.05, 3.63) is 29.3 Å². The van der Waals surface area contributed by atoms with E-state index in [0.717, 1.165) is 4.90 Å². The van der Waals surface area contributed by atoms with Gasteiger partial charge in [-0.05, 0) is 18.2 Å². The van der Waals surface area contributed by atoms with Gasteiger partial charge in [-0.2, -0.15) is 0 Å². The van der Waals surface area contributed by atoms with Crippen molar-refractivity contribution in [3.63, 3.8) is 0 Å². The molecule has 8 heteroatoms. The van der Waals surface area contributed by atoms with Crippen molar-refractivity contribution in [2.45, 2.75) is 19.4 Å². The third-order valence-corrected chi connectivity index (χ3v) is 3.28. The highest BCUT2D eigenvalue weighted by Gasteiger charge is 2.40. The zero-order valence-electron chi connectivity index (χ0n) is 11.8. The van der Waals surface area contributed by atoms with E-state index in [1.165, 1.54) is 13.0 Å². The van der Waals surface area contributed by atoms with Crippen molar-refractivity contribution < 1.29 is 19.2 Å². The molecule has 0 bridgehead atoms. The normalized spacial score (nSPS) is 17.5. The lowest BCUT2D eigenvalue weighted by Gasteiger charge is -2.15. The minimum absolute atomic E-state index is 0.128. The predicted octanol–water partition coefficient (Wildman–Crippen LogP) is 0.224. The van der Waals surface area contributed by atoms with E-state index in [0.29, 0.717) is 10.7 Å². The number of hydrogen-bond acceptors (Lipinski definition) is 4. The molecule has 1 aromatic carbocycles.